The van der Waals surface area contributed by atoms with Gasteiger partial charge in [-0.3, -0.25) is 4.99 Å². The van der Waals surface area contributed by atoms with Crippen molar-refractivity contribution < 1.29 is 0 Å². The van der Waals surface area contributed by atoms with E-state index >= 15 is 0 Å². The van der Waals surface area contributed by atoms with Gasteiger partial charge in [-0.2, -0.15) is 0 Å². The van der Waals surface area contributed by atoms with E-state index in [4.69, 9.17) is 0 Å². The first-order valence-electron chi connectivity index (χ1n) is 3.63. The van der Waals surface area contributed by atoms with Crippen LogP contribution in [-0.2, 0) is 0 Å². The average molecular weight is 138 g/mol. The molecule has 0 fully saturated rings. The Balaban J connectivity index is 2.75. The van der Waals surface area contributed by atoms with Gasteiger partial charge in [-0.05, 0) is 33.5 Å². The number of hydrogen-bond acceptors (Lipinski definition) is 2. The summed E-state index contributed by atoms with van der Waals surface area (Å²) >= 11 is 0. The molecule has 0 amide bonds. The second kappa shape index (κ2) is 2.97. The Morgan fingerprint density at radius 1 is 1.70 bits per heavy atom. The summed E-state index contributed by atoms with van der Waals surface area (Å²) in [6.07, 6.45) is 2.34. The van der Waals surface area contributed by atoms with Gasteiger partial charge in [0.1, 0.15) is 0 Å². The van der Waals surface area contributed by atoms with E-state index in [9.17, 15) is 0 Å². The van der Waals surface area contributed by atoms with E-state index in [0.717, 1.165) is 5.70 Å². The van der Waals surface area contributed by atoms with Crippen LogP contribution < -0.4 is 5.32 Å². The SMILES string of the molecule is C=NC1=C(C)CCC1NC. The maximum absolute atomic E-state index is 3.99. The fourth-order valence-corrected chi connectivity index (χ4v) is 1.45. The van der Waals surface area contributed by atoms with Gasteiger partial charge in [-0.15, -0.1) is 0 Å². The summed E-state index contributed by atoms with van der Waals surface area (Å²) in [7, 11) is 1.97. The van der Waals surface area contributed by atoms with Gasteiger partial charge in [0.2, 0.25) is 0 Å². The molecule has 0 aromatic rings. The smallest absolute Gasteiger partial charge is 0.0555 e. The summed E-state index contributed by atoms with van der Waals surface area (Å²) in [5.41, 5.74) is 2.54. The molecule has 2 nitrogen and oxygen atoms in total. The molecule has 0 saturated carbocycles. The summed E-state index contributed by atoms with van der Waals surface area (Å²) in [6, 6.07) is 0.456. The van der Waals surface area contributed by atoms with Gasteiger partial charge in [0, 0.05) is 6.04 Å². The van der Waals surface area contributed by atoms with E-state index in [1.165, 1.54) is 18.4 Å². The Morgan fingerprint density at radius 2 is 2.40 bits per heavy atom. The van der Waals surface area contributed by atoms with Crippen LogP contribution in [-0.4, -0.2) is 19.8 Å². The lowest BCUT2D eigenvalue weighted by Gasteiger charge is -2.08. The Kier molecular flexibility index (Phi) is 2.22. The topological polar surface area (TPSA) is 24.4 Å². The highest BCUT2D eigenvalue weighted by atomic mass is 14.9. The Morgan fingerprint density at radius 3 is 2.80 bits per heavy atom. The molecule has 0 bridgehead atoms. The number of rotatable bonds is 2. The van der Waals surface area contributed by atoms with E-state index in [-0.39, 0.29) is 0 Å². The number of aliphatic imine (C=N–C) groups is 1. The van der Waals surface area contributed by atoms with Crippen LogP contribution >= 0.6 is 0 Å². The van der Waals surface area contributed by atoms with Crippen molar-refractivity contribution in [2.24, 2.45) is 4.99 Å². The lowest BCUT2D eigenvalue weighted by molar-refractivity contribution is 0.624. The summed E-state index contributed by atoms with van der Waals surface area (Å²) in [4.78, 5) is 3.99. The molecule has 2 heteroatoms. The van der Waals surface area contributed by atoms with Gasteiger partial charge >= 0.3 is 0 Å². The third-order valence-electron chi connectivity index (χ3n) is 2.09. The minimum Gasteiger partial charge on any atom is -0.312 e. The molecule has 10 heavy (non-hydrogen) atoms. The first-order chi connectivity index (χ1) is 4.79. The van der Waals surface area contributed by atoms with Crippen LogP contribution in [0.4, 0.5) is 0 Å². The van der Waals surface area contributed by atoms with Crippen LogP contribution in [0, 0.1) is 0 Å². The zero-order valence-electron chi connectivity index (χ0n) is 6.65. The normalized spacial score (nSPS) is 25.6. The predicted molar refractivity (Wildman–Crippen MR) is 44.3 cm³/mol. The molecular formula is C8H14N2. The third kappa shape index (κ3) is 1.12. The molecule has 1 rings (SSSR count). The van der Waals surface area contributed by atoms with Crippen LogP contribution in [0.5, 0.6) is 0 Å². The van der Waals surface area contributed by atoms with Crippen molar-refractivity contribution in [3.8, 4) is 0 Å². The summed E-state index contributed by atoms with van der Waals surface area (Å²) in [5.74, 6) is 0. The fourth-order valence-electron chi connectivity index (χ4n) is 1.45. The van der Waals surface area contributed by atoms with Gasteiger partial charge < -0.3 is 5.32 Å². The van der Waals surface area contributed by atoms with Crippen LogP contribution in [0.15, 0.2) is 16.3 Å². The van der Waals surface area contributed by atoms with E-state index in [0.29, 0.717) is 6.04 Å². The third-order valence-corrected chi connectivity index (χ3v) is 2.09. The average Bonchev–Trinajstić information content (AvgIpc) is 2.30. The molecule has 56 valence electrons. The lowest BCUT2D eigenvalue weighted by Crippen LogP contribution is -2.23. The molecule has 1 aliphatic carbocycles. The van der Waals surface area contributed by atoms with Gasteiger partial charge in [0.25, 0.3) is 0 Å². The molecule has 0 aromatic heterocycles. The zero-order chi connectivity index (χ0) is 7.56. The van der Waals surface area contributed by atoms with Gasteiger partial charge in [0.05, 0.1) is 5.70 Å². The van der Waals surface area contributed by atoms with Crippen molar-refractivity contribution in [1.82, 2.24) is 5.32 Å². The first-order valence-corrected chi connectivity index (χ1v) is 3.63. The Bertz CT molecular complexity index is 170. The molecule has 0 heterocycles. The predicted octanol–water partition coefficient (Wildman–Crippen LogP) is 1.34. The molecule has 1 aliphatic rings. The first kappa shape index (κ1) is 7.48. The number of nitrogens with one attached hydrogen (secondary N) is 1. The monoisotopic (exact) mass is 138 g/mol. The second-order valence-corrected chi connectivity index (χ2v) is 2.70. The lowest BCUT2D eigenvalue weighted by atomic mass is 10.2. The standard InChI is InChI=1S/C8H14N2/c1-6-4-5-7(9-2)8(6)10-3/h7,9H,3-5H2,1-2H3. The molecule has 0 radical (unpaired) electrons. The Labute approximate surface area is 62.0 Å². The molecule has 0 aliphatic heterocycles. The molecular weight excluding hydrogens is 124 g/mol. The van der Waals surface area contributed by atoms with E-state index in [2.05, 4.69) is 24.0 Å². The molecule has 0 saturated heterocycles. The zero-order valence-corrected chi connectivity index (χ0v) is 6.65. The van der Waals surface area contributed by atoms with Crippen LogP contribution in [0.1, 0.15) is 19.8 Å². The minimum absolute atomic E-state index is 0.456. The minimum atomic E-state index is 0.456. The number of nitrogens with zero attached hydrogens (tertiary/aromatic N) is 1. The van der Waals surface area contributed by atoms with Crippen LogP contribution in [0.25, 0.3) is 0 Å². The highest BCUT2D eigenvalue weighted by Gasteiger charge is 2.19. The molecule has 1 atom stereocenters. The maximum Gasteiger partial charge on any atom is 0.0555 e. The van der Waals surface area contributed by atoms with Gasteiger partial charge in [-0.1, -0.05) is 5.57 Å². The maximum atomic E-state index is 3.99. The highest BCUT2D eigenvalue weighted by molar-refractivity contribution is 5.34. The van der Waals surface area contributed by atoms with Crippen molar-refractivity contribution in [1.29, 1.82) is 0 Å². The van der Waals surface area contributed by atoms with Crippen LogP contribution in [0.3, 0.4) is 0 Å². The quantitative estimate of drug-likeness (QED) is 0.572. The summed E-state index contributed by atoms with van der Waals surface area (Å²) < 4.78 is 0. The van der Waals surface area contributed by atoms with Gasteiger partial charge in [-0.25, -0.2) is 0 Å². The van der Waals surface area contributed by atoms with Crippen molar-refractivity contribution in [3.63, 3.8) is 0 Å². The van der Waals surface area contributed by atoms with Crippen molar-refractivity contribution in [2.45, 2.75) is 25.8 Å². The molecule has 0 aromatic carbocycles. The molecule has 1 unspecified atom stereocenters. The fraction of sp³-hybridized carbons (Fsp3) is 0.625. The van der Waals surface area contributed by atoms with Gasteiger partial charge in [0.15, 0.2) is 0 Å². The van der Waals surface area contributed by atoms with Crippen molar-refractivity contribution in [3.05, 3.63) is 11.3 Å². The number of allylic oxidation sites excluding steroid dienone is 1. The number of hydrogen-bond donors (Lipinski definition) is 1. The van der Waals surface area contributed by atoms with Crippen molar-refractivity contribution in [2.75, 3.05) is 7.05 Å². The highest BCUT2D eigenvalue weighted by Crippen LogP contribution is 2.25. The Hall–Kier alpha value is -0.630. The second-order valence-electron chi connectivity index (χ2n) is 2.70. The molecule has 1 N–H and O–H groups in total. The van der Waals surface area contributed by atoms with E-state index in [1.54, 1.807) is 0 Å². The van der Waals surface area contributed by atoms with Crippen molar-refractivity contribution >= 4 is 6.72 Å². The molecule has 0 spiro atoms. The summed E-state index contributed by atoms with van der Waals surface area (Å²) in [5, 5.41) is 3.20. The largest absolute Gasteiger partial charge is 0.312 e. The van der Waals surface area contributed by atoms with Crippen LogP contribution in [0.2, 0.25) is 0 Å². The summed E-state index contributed by atoms with van der Waals surface area (Å²) in [6.45, 7) is 5.67. The number of likely N-dealkylation sites (N-methyl/N-ethyl adjacent to an activating group) is 1. The van der Waals surface area contributed by atoms with E-state index < -0.39 is 0 Å². The van der Waals surface area contributed by atoms with E-state index in [1.807, 2.05) is 7.05 Å².